The Labute approximate surface area is 146 Å². The number of carbonyl (C=O) groups is 1. The zero-order valence-corrected chi connectivity index (χ0v) is 13.9. The first-order valence-electron chi connectivity index (χ1n) is 6.90. The maximum Gasteiger partial charge on any atom is 0.271 e. The molecule has 0 spiro atoms. The SMILES string of the molecule is O=C(NN=Cc1sc(=S)n(-c2ccccc2)c1O)c1ccncc1. The number of benzene rings is 1. The van der Waals surface area contributed by atoms with Gasteiger partial charge in [0.1, 0.15) is 4.88 Å². The summed E-state index contributed by atoms with van der Waals surface area (Å²) in [5.74, 6) is -0.377. The fourth-order valence-corrected chi connectivity index (χ4v) is 3.21. The summed E-state index contributed by atoms with van der Waals surface area (Å²) in [6.07, 6.45) is 4.42. The van der Waals surface area contributed by atoms with Gasteiger partial charge in [-0.2, -0.15) is 5.10 Å². The minimum Gasteiger partial charge on any atom is -0.493 e. The molecule has 0 aliphatic heterocycles. The van der Waals surface area contributed by atoms with E-state index in [2.05, 4.69) is 15.5 Å². The summed E-state index contributed by atoms with van der Waals surface area (Å²) in [7, 11) is 0. The van der Waals surface area contributed by atoms with Gasteiger partial charge in [0, 0.05) is 18.0 Å². The Morgan fingerprint density at radius 2 is 1.96 bits per heavy atom. The van der Waals surface area contributed by atoms with E-state index in [1.165, 1.54) is 29.9 Å². The fourth-order valence-electron chi connectivity index (χ4n) is 1.99. The summed E-state index contributed by atoms with van der Waals surface area (Å²) in [5.41, 5.74) is 3.60. The highest BCUT2D eigenvalue weighted by Gasteiger charge is 2.11. The summed E-state index contributed by atoms with van der Waals surface area (Å²) < 4.78 is 2.03. The van der Waals surface area contributed by atoms with Crippen molar-refractivity contribution in [2.75, 3.05) is 0 Å². The van der Waals surface area contributed by atoms with E-state index in [0.717, 1.165) is 5.69 Å². The van der Waals surface area contributed by atoms with Crippen molar-refractivity contribution in [3.05, 3.63) is 69.3 Å². The van der Waals surface area contributed by atoms with Crippen LogP contribution in [-0.4, -0.2) is 26.8 Å². The maximum atomic E-state index is 11.9. The average molecular weight is 356 g/mol. The first-order valence-corrected chi connectivity index (χ1v) is 8.13. The quantitative estimate of drug-likeness (QED) is 0.428. The number of aromatic hydroxyl groups is 1. The molecule has 0 radical (unpaired) electrons. The van der Waals surface area contributed by atoms with Gasteiger partial charge in [-0.05, 0) is 36.5 Å². The lowest BCUT2D eigenvalue weighted by atomic mass is 10.3. The van der Waals surface area contributed by atoms with E-state index in [0.29, 0.717) is 14.4 Å². The summed E-state index contributed by atoms with van der Waals surface area (Å²) in [4.78, 5) is 16.2. The standard InChI is InChI=1S/C16H12N4O2S2/c21-14(11-6-8-17-9-7-11)19-18-10-13-15(22)20(16(23)24-13)12-4-2-1-3-5-12/h1-10,22H,(H,19,21). The van der Waals surface area contributed by atoms with Crippen molar-refractivity contribution >= 4 is 35.7 Å². The molecule has 24 heavy (non-hydrogen) atoms. The monoisotopic (exact) mass is 356 g/mol. The van der Waals surface area contributed by atoms with Crippen molar-refractivity contribution in [2.24, 2.45) is 5.10 Å². The Bertz CT molecular complexity index is 934. The third-order valence-corrected chi connectivity index (χ3v) is 4.41. The Morgan fingerprint density at radius 1 is 1.25 bits per heavy atom. The van der Waals surface area contributed by atoms with Gasteiger partial charge in [-0.25, -0.2) is 5.43 Å². The maximum absolute atomic E-state index is 11.9. The molecule has 2 heterocycles. The van der Waals surface area contributed by atoms with Crippen LogP contribution < -0.4 is 5.43 Å². The molecule has 0 aliphatic carbocycles. The van der Waals surface area contributed by atoms with Crippen LogP contribution in [0.4, 0.5) is 0 Å². The van der Waals surface area contributed by atoms with Crippen molar-refractivity contribution in [3.8, 4) is 11.6 Å². The largest absolute Gasteiger partial charge is 0.493 e. The molecular weight excluding hydrogens is 344 g/mol. The number of hydrogen-bond acceptors (Lipinski definition) is 6. The Balaban J connectivity index is 1.79. The van der Waals surface area contributed by atoms with Gasteiger partial charge >= 0.3 is 0 Å². The second-order valence-electron chi connectivity index (χ2n) is 4.66. The van der Waals surface area contributed by atoms with Crippen molar-refractivity contribution in [3.63, 3.8) is 0 Å². The molecular formula is C16H12N4O2S2. The Kier molecular flexibility index (Phi) is 4.78. The third-order valence-electron chi connectivity index (χ3n) is 3.12. The lowest BCUT2D eigenvalue weighted by Crippen LogP contribution is -2.17. The van der Waals surface area contributed by atoms with Gasteiger partial charge in [-0.1, -0.05) is 29.5 Å². The number of aromatic nitrogens is 2. The molecule has 3 aromatic rings. The summed E-state index contributed by atoms with van der Waals surface area (Å²) in [5, 5.41) is 14.2. The van der Waals surface area contributed by atoms with Crippen LogP contribution in [0.3, 0.4) is 0 Å². The number of amides is 1. The zero-order valence-electron chi connectivity index (χ0n) is 12.3. The molecule has 120 valence electrons. The lowest BCUT2D eigenvalue weighted by molar-refractivity contribution is 0.0955. The molecule has 2 aromatic heterocycles. The van der Waals surface area contributed by atoms with Crippen LogP contribution in [0.2, 0.25) is 0 Å². The summed E-state index contributed by atoms with van der Waals surface area (Å²) in [6.45, 7) is 0. The molecule has 8 heteroatoms. The van der Waals surface area contributed by atoms with E-state index in [1.807, 2.05) is 30.3 Å². The number of thiazole rings is 1. The van der Waals surface area contributed by atoms with E-state index in [4.69, 9.17) is 12.2 Å². The minimum absolute atomic E-state index is 0.0156. The zero-order chi connectivity index (χ0) is 16.9. The molecule has 0 aliphatic rings. The second kappa shape index (κ2) is 7.16. The highest BCUT2D eigenvalue weighted by Crippen LogP contribution is 2.27. The highest BCUT2D eigenvalue weighted by molar-refractivity contribution is 7.73. The van der Waals surface area contributed by atoms with Crippen LogP contribution in [0.1, 0.15) is 15.2 Å². The fraction of sp³-hybridized carbons (Fsp3) is 0. The lowest BCUT2D eigenvalue weighted by Gasteiger charge is -2.03. The van der Waals surface area contributed by atoms with Crippen LogP contribution in [-0.2, 0) is 0 Å². The number of carbonyl (C=O) groups excluding carboxylic acids is 1. The Hall–Kier alpha value is -2.84. The number of para-hydroxylation sites is 1. The Morgan fingerprint density at radius 3 is 2.67 bits per heavy atom. The highest BCUT2D eigenvalue weighted by atomic mass is 32.1. The molecule has 0 fully saturated rings. The molecule has 1 amide bonds. The predicted molar refractivity (Wildman–Crippen MR) is 95.4 cm³/mol. The van der Waals surface area contributed by atoms with Crippen molar-refractivity contribution < 1.29 is 9.90 Å². The van der Waals surface area contributed by atoms with E-state index in [1.54, 1.807) is 16.7 Å². The number of rotatable bonds is 4. The van der Waals surface area contributed by atoms with E-state index in [-0.39, 0.29) is 11.8 Å². The number of pyridine rings is 1. The minimum atomic E-state index is -0.362. The molecule has 0 saturated carbocycles. The smallest absolute Gasteiger partial charge is 0.271 e. The predicted octanol–water partition coefficient (Wildman–Crippen LogP) is 3.13. The van der Waals surface area contributed by atoms with Crippen LogP contribution in [0.15, 0.2) is 60.0 Å². The number of nitrogens with one attached hydrogen (secondary N) is 1. The van der Waals surface area contributed by atoms with Crippen LogP contribution in [0.5, 0.6) is 5.88 Å². The van der Waals surface area contributed by atoms with Crippen molar-refractivity contribution in [1.82, 2.24) is 15.0 Å². The number of nitrogens with zero attached hydrogens (tertiary/aromatic N) is 3. The van der Waals surface area contributed by atoms with Gasteiger partial charge in [0.15, 0.2) is 3.95 Å². The summed E-state index contributed by atoms with van der Waals surface area (Å²) >= 11 is 6.49. The number of hydrogen-bond donors (Lipinski definition) is 2. The first kappa shape index (κ1) is 16.0. The normalized spacial score (nSPS) is 10.8. The molecule has 6 nitrogen and oxygen atoms in total. The van der Waals surface area contributed by atoms with Gasteiger partial charge in [0.25, 0.3) is 5.91 Å². The molecule has 2 N–H and O–H groups in total. The van der Waals surface area contributed by atoms with E-state index < -0.39 is 0 Å². The second-order valence-corrected chi connectivity index (χ2v) is 6.34. The molecule has 0 saturated heterocycles. The third kappa shape index (κ3) is 3.39. The molecule has 1 aromatic carbocycles. The summed E-state index contributed by atoms with van der Waals surface area (Å²) in [6, 6.07) is 12.4. The van der Waals surface area contributed by atoms with Gasteiger partial charge in [-0.3, -0.25) is 14.3 Å². The molecule has 0 bridgehead atoms. The van der Waals surface area contributed by atoms with Gasteiger partial charge in [0.05, 0.1) is 11.9 Å². The topological polar surface area (TPSA) is 79.5 Å². The van der Waals surface area contributed by atoms with Crippen LogP contribution >= 0.6 is 23.6 Å². The van der Waals surface area contributed by atoms with Crippen molar-refractivity contribution in [2.45, 2.75) is 0 Å². The number of hydrazone groups is 1. The van der Waals surface area contributed by atoms with E-state index in [9.17, 15) is 9.90 Å². The van der Waals surface area contributed by atoms with Crippen molar-refractivity contribution in [1.29, 1.82) is 0 Å². The van der Waals surface area contributed by atoms with Gasteiger partial charge < -0.3 is 5.11 Å². The van der Waals surface area contributed by atoms with Gasteiger partial charge in [-0.15, -0.1) is 0 Å². The van der Waals surface area contributed by atoms with Crippen LogP contribution in [0, 0.1) is 3.95 Å². The first-order chi connectivity index (χ1) is 11.7. The molecule has 3 rings (SSSR count). The average Bonchev–Trinajstić information content (AvgIpc) is 2.90. The van der Waals surface area contributed by atoms with Gasteiger partial charge in [0.2, 0.25) is 5.88 Å². The molecule has 0 unspecified atom stereocenters. The van der Waals surface area contributed by atoms with E-state index >= 15 is 0 Å². The molecule has 0 atom stereocenters. The van der Waals surface area contributed by atoms with Crippen LogP contribution in [0.25, 0.3) is 5.69 Å².